The van der Waals surface area contributed by atoms with Crippen LogP contribution in [-0.2, 0) is 6.54 Å². The molecule has 0 N–H and O–H groups in total. The molecule has 3 heterocycles. The van der Waals surface area contributed by atoms with Gasteiger partial charge in [-0.1, -0.05) is 6.07 Å². The first kappa shape index (κ1) is 15.9. The standard InChI is InChI=1S/C19H21N3O3/c23-19(16-2-1-5-20-13-16)22-8-6-21(7-9-22)14-15-3-4-17-18(12-15)25-11-10-24-17/h1-5,12-13H,6-11,14H2. The van der Waals surface area contributed by atoms with Gasteiger partial charge in [-0.05, 0) is 29.8 Å². The molecule has 4 rings (SSSR count). The Bertz CT molecular complexity index is 743. The van der Waals surface area contributed by atoms with Gasteiger partial charge in [0.2, 0.25) is 0 Å². The quantitative estimate of drug-likeness (QED) is 0.854. The fraction of sp³-hybridized carbons (Fsp3) is 0.368. The van der Waals surface area contributed by atoms with Crippen molar-refractivity contribution < 1.29 is 14.3 Å². The Morgan fingerprint density at radius 3 is 2.60 bits per heavy atom. The van der Waals surface area contributed by atoms with E-state index >= 15 is 0 Å². The molecule has 0 aliphatic carbocycles. The van der Waals surface area contributed by atoms with Crippen LogP contribution in [0.2, 0.25) is 0 Å². The van der Waals surface area contributed by atoms with Gasteiger partial charge in [0.05, 0.1) is 5.56 Å². The number of rotatable bonds is 3. The van der Waals surface area contributed by atoms with Crippen molar-refractivity contribution in [2.75, 3.05) is 39.4 Å². The number of nitrogens with zero attached hydrogens (tertiary/aromatic N) is 3. The van der Waals surface area contributed by atoms with Crippen molar-refractivity contribution in [3.05, 3.63) is 53.9 Å². The van der Waals surface area contributed by atoms with Crippen LogP contribution in [0.4, 0.5) is 0 Å². The zero-order chi connectivity index (χ0) is 17.1. The van der Waals surface area contributed by atoms with E-state index in [4.69, 9.17) is 9.47 Å². The summed E-state index contributed by atoms with van der Waals surface area (Å²) in [6.45, 7) is 5.26. The van der Waals surface area contributed by atoms with Crippen molar-refractivity contribution in [1.29, 1.82) is 0 Å². The molecule has 1 saturated heterocycles. The summed E-state index contributed by atoms with van der Waals surface area (Å²) in [6.07, 6.45) is 3.31. The summed E-state index contributed by atoms with van der Waals surface area (Å²) in [5.41, 5.74) is 1.86. The molecular weight excluding hydrogens is 318 g/mol. The second-order valence-corrected chi connectivity index (χ2v) is 6.29. The third-order valence-electron chi connectivity index (χ3n) is 4.58. The number of hydrogen-bond acceptors (Lipinski definition) is 5. The minimum Gasteiger partial charge on any atom is -0.486 e. The molecule has 1 aromatic heterocycles. The number of carbonyl (C=O) groups is 1. The van der Waals surface area contributed by atoms with Gasteiger partial charge in [0.1, 0.15) is 13.2 Å². The molecule has 130 valence electrons. The number of benzene rings is 1. The van der Waals surface area contributed by atoms with Gasteiger partial charge in [0.15, 0.2) is 11.5 Å². The van der Waals surface area contributed by atoms with E-state index in [0.717, 1.165) is 44.2 Å². The maximum Gasteiger partial charge on any atom is 0.255 e. The molecule has 6 nitrogen and oxygen atoms in total. The number of carbonyl (C=O) groups excluding carboxylic acids is 1. The van der Waals surface area contributed by atoms with Gasteiger partial charge >= 0.3 is 0 Å². The van der Waals surface area contributed by atoms with E-state index in [-0.39, 0.29) is 5.91 Å². The maximum absolute atomic E-state index is 12.5. The highest BCUT2D eigenvalue weighted by molar-refractivity contribution is 5.93. The molecule has 0 atom stereocenters. The zero-order valence-electron chi connectivity index (χ0n) is 14.1. The Labute approximate surface area is 147 Å². The zero-order valence-corrected chi connectivity index (χ0v) is 14.1. The fourth-order valence-electron chi connectivity index (χ4n) is 3.23. The second kappa shape index (κ2) is 7.11. The maximum atomic E-state index is 12.5. The SMILES string of the molecule is O=C(c1cccnc1)N1CCN(Cc2ccc3c(c2)OCCO3)CC1. The summed E-state index contributed by atoms with van der Waals surface area (Å²) >= 11 is 0. The summed E-state index contributed by atoms with van der Waals surface area (Å²) in [5, 5.41) is 0. The monoisotopic (exact) mass is 339 g/mol. The minimum absolute atomic E-state index is 0.0621. The van der Waals surface area contributed by atoms with Crippen LogP contribution < -0.4 is 9.47 Å². The molecule has 2 aliphatic rings. The fourth-order valence-corrected chi connectivity index (χ4v) is 3.23. The predicted octanol–water partition coefficient (Wildman–Crippen LogP) is 1.81. The molecule has 1 aromatic carbocycles. The number of pyridine rings is 1. The Morgan fingerprint density at radius 1 is 1.04 bits per heavy atom. The number of fused-ring (bicyclic) bond motifs is 1. The molecule has 1 fully saturated rings. The first-order valence-electron chi connectivity index (χ1n) is 8.60. The van der Waals surface area contributed by atoms with Crippen LogP contribution in [-0.4, -0.2) is 60.1 Å². The molecule has 0 saturated carbocycles. The van der Waals surface area contributed by atoms with Gasteiger partial charge in [-0.15, -0.1) is 0 Å². The lowest BCUT2D eigenvalue weighted by Crippen LogP contribution is -2.48. The van der Waals surface area contributed by atoms with Gasteiger partial charge in [-0.2, -0.15) is 0 Å². The second-order valence-electron chi connectivity index (χ2n) is 6.29. The highest BCUT2D eigenvalue weighted by Crippen LogP contribution is 2.31. The molecule has 0 bridgehead atoms. The third kappa shape index (κ3) is 3.58. The lowest BCUT2D eigenvalue weighted by molar-refractivity contribution is 0.0628. The van der Waals surface area contributed by atoms with E-state index in [1.54, 1.807) is 18.5 Å². The summed E-state index contributed by atoms with van der Waals surface area (Å²) in [7, 11) is 0. The lowest BCUT2D eigenvalue weighted by Gasteiger charge is -2.34. The van der Waals surface area contributed by atoms with Gasteiger partial charge in [0.25, 0.3) is 5.91 Å². The molecule has 2 aromatic rings. The molecule has 0 radical (unpaired) electrons. The van der Waals surface area contributed by atoms with Crippen molar-refractivity contribution in [2.24, 2.45) is 0 Å². The Morgan fingerprint density at radius 2 is 1.84 bits per heavy atom. The van der Waals surface area contributed by atoms with E-state index in [0.29, 0.717) is 18.8 Å². The lowest BCUT2D eigenvalue weighted by atomic mass is 10.1. The van der Waals surface area contributed by atoms with Crippen molar-refractivity contribution >= 4 is 5.91 Å². The molecule has 25 heavy (non-hydrogen) atoms. The van der Waals surface area contributed by atoms with E-state index in [1.807, 2.05) is 17.0 Å². The highest BCUT2D eigenvalue weighted by atomic mass is 16.6. The summed E-state index contributed by atoms with van der Waals surface area (Å²) < 4.78 is 11.2. The molecule has 0 spiro atoms. The average Bonchev–Trinajstić information content (AvgIpc) is 2.69. The highest BCUT2D eigenvalue weighted by Gasteiger charge is 2.22. The van der Waals surface area contributed by atoms with Crippen molar-refractivity contribution in [3.8, 4) is 11.5 Å². The summed E-state index contributed by atoms with van der Waals surface area (Å²) in [6, 6.07) is 9.73. The third-order valence-corrected chi connectivity index (χ3v) is 4.58. The van der Waals surface area contributed by atoms with Crippen molar-refractivity contribution in [1.82, 2.24) is 14.8 Å². The van der Waals surface area contributed by atoms with E-state index in [1.165, 1.54) is 5.56 Å². The molecule has 1 amide bonds. The van der Waals surface area contributed by atoms with Crippen LogP contribution in [0.3, 0.4) is 0 Å². The molecule has 6 heteroatoms. The smallest absolute Gasteiger partial charge is 0.255 e. The molecular formula is C19H21N3O3. The number of ether oxygens (including phenoxy) is 2. The van der Waals surface area contributed by atoms with Gasteiger partial charge in [-0.3, -0.25) is 14.7 Å². The summed E-state index contributed by atoms with van der Waals surface area (Å²) in [5.74, 6) is 1.71. The number of hydrogen-bond donors (Lipinski definition) is 0. The number of aromatic nitrogens is 1. The first-order valence-corrected chi connectivity index (χ1v) is 8.60. The van der Waals surface area contributed by atoms with E-state index in [9.17, 15) is 4.79 Å². The van der Waals surface area contributed by atoms with Crippen LogP contribution in [0, 0.1) is 0 Å². The largest absolute Gasteiger partial charge is 0.486 e. The predicted molar refractivity (Wildman–Crippen MR) is 92.8 cm³/mol. The van der Waals surface area contributed by atoms with Gasteiger partial charge in [0, 0.05) is 45.1 Å². The topological polar surface area (TPSA) is 54.9 Å². The number of piperazine rings is 1. The Kier molecular flexibility index (Phi) is 4.52. The molecule has 0 unspecified atom stereocenters. The minimum atomic E-state index is 0.0621. The van der Waals surface area contributed by atoms with Crippen LogP contribution in [0.15, 0.2) is 42.7 Å². The Balaban J connectivity index is 1.34. The van der Waals surface area contributed by atoms with E-state index < -0.39 is 0 Å². The first-order chi connectivity index (χ1) is 12.3. The van der Waals surface area contributed by atoms with Crippen LogP contribution in [0.5, 0.6) is 11.5 Å². The summed E-state index contributed by atoms with van der Waals surface area (Å²) in [4.78, 5) is 20.7. The van der Waals surface area contributed by atoms with Crippen LogP contribution in [0.25, 0.3) is 0 Å². The number of amides is 1. The van der Waals surface area contributed by atoms with Crippen molar-refractivity contribution in [2.45, 2.75) is 6.54 Å². The van der Waals surface area contributed by atoms with Crippen LogP contribution >= 0.6 is 0 Å². The normalized spacial score (nSPS) is 17.4. The Hall–Kier alpha value is -2.60. The van der Waals surface area contributed by atoms with E-state index in [2.05, 4.69) is 22.0 Å². The van der Waals surface area contributed by atoms with Crippen LogP contribution in [0.1, 0.15) is 15.9 Å². The van der Waals surface area contributed by atoms with Gasteiger partial charge in [-0.25, -0.2) is 0 Å². The van der Waals surface area contributed by atoms with Crippen molar-refractivity contribution in [3.63, 3.8) is 0 Å². The average molecular weight is 339 g/mol. The van der Waals surface area contributed by atoms with Gasteiger partial charge < -0.3 is 14.4 Å². The molecule has 2 aliphatic heterocycles.